The molecule has 15 heavy (non-hydrogen) atoms. The van der Waals surface area contributed by atoms with Crippen molar-refractivity contribution in [2.24, 2.45) is 4.99 Å². The van der Waals surface area contributed by atoms with Gasteiger partial charge in [-0.05, 0) is 30.2 Å². The predicted octanol–water partition coefficient (Wildman–Crippen LogP) is 2.25. The van der Waals surface area contributed by atoms with Gasteiger partial charge < -0.3 is 0 Å². The molecule has 0 atom stereocenters. The van der Waals surface area contributed by atoms with Crippen LogP contribution in [0.3, 0.4) is 0 Å². The van der Waals surface area contributed by atoms with Crippen molar-refractivity contribution in [3.8, 4) is 0 Å². The van der Waals surface area contributed by atoms with E-state index >= 15 is 0 Å². The van der Waals surface area contributed by atoms with E-state index in [1.54, 1.807) is 18.3 Å². The third-order valence-corrected chi connectivity index (χ3v) is 2.33. The van der Waals surface area contributed by atoms with Crippen LogP contribution in [0.4, 0.5) is 4.39 Å². The van der Waals surface area contributed by atoms with Crippen molar-refractivity contribution in [2.75, 3.05) is 6.54 Å². The van der Waals surface area contributed by atoms with Crippen LogP contribution in [0, 0.1) is 5.82 Å². The summed E-state index contributed by atoms with van der Waals surface area (Å²) >= 11 is 0. The molecule has 1 aliphatic heterocycles. The smallest absolute Gasteiger partial charge is 0.185 e. The number of rotatable bonds is 1. The van der Waals surface area contributed by atoms with Gasteiger partial charge in [0.25, 0.3) is 0 Å². The van der Waals surface area contributed by atoms with E-state index in [1.165, 1.54) is 12.1 Å². The Morgan fingerprint density at radius 2 is 1.93 bits per heavy atom. The van der Waals surface area contributed by atoms with Crippen molar-refractivity contribution in [2.45, 2.75) is 6.92 Å². The Labute approximate surface area is 87.1 Å². The average Bonchev–Trinajstić information content (AvgIpc) is 2.20. The summed E-state index contributed by atoms with van der Waals surface area (Å²) in [4.78, 5) is 15.6. The Bertz CT molecular complexity index is 457. The summed E-state index contributed by atoms with van der Waals surface area (Å²) < 4.78 is 12.7. The molecule has 0 saturated carbocycles. The molecule has 0 saturated heterocycles. The summed E-state index contributed by atoms with van der Waals surface area (Å²) in [5.74, 6) is -0.310. The molecular formula is C12H10FNO. The molecule has 76 valence electrons. The number of hydrogen-bond acceptors (Lipinski definition) is 2. The normalized spacial score (nSPS) is 16.0. The van der Waals surface area contributed by atoms with E-state index in [9.17, 15) is 9.18 Å². The number of Topliss-reactive ketones (excluding diaryl/α,β-unsaturated/α-hetero) is 1. The minimum Gasteiger partial charge on any atom is -0.292 e. The lowest BCUT2D eigenvalue weighted by Crippen LogP contribution is -2.12. The van der Waals surface area contributed by atoms with Gasteiger partial charge in [0.2, 0.25) is 0 Å². The van der Waals surface area contributed by atoms with Gasteiger partial charge in [-0.1, -0.05) is 12.1 Å². The van der Waals surface area contributed by atoms with Crippen molar-refractivity contribution >= 4 is 17.6 Å². The van der Waals surface area contributed by atoms with Gasteiger partial charge in [-0.25, -0.2) is 4.39 Å². The first kappa shape index (κ1) is 9.77. The summed E-state index contributed by atoms with van der Waals surface area (Å²) in [5.41, 5.74) is 2.23. The summed E-state index contributed by atoms with van der Waals surface area (Å²) in [6.45, 7) is 2.02. The summed E-state index contributed by atoms with van der Waals surface area (Å²) in [5, 5.41) is 0. The minimum absolute atomic E-state index is 0.0124. The largest absolute Gasteiger partial charge is 0.292 e. The fourth-order valence-corrected chi connectivity index (χ4v) is 1.63. The van der Waals surface area contributed by atoms with E-state index in [4.69, 9.17) is 0 Å². The van der Waals surface area contributed by atoms with Crippen LogP contribution >= 0.6 is 0 Å². The van der Waals surface area contributed by atoms with Crippen LogP contribution in [0.5, 0.6) is 0 Å². The number of aliphatic imine (C=N–C) groups is 1. The quantitative estimate of drug-likeness (QED) is 0.688. The highest BCUT2D eigenvalue weighted by molar-refractivity contribution is 6.27. The molecule has 1 aromatic carbocycles. The van der Waals surface area contributed by atoms with Crippen molar-refractivity contribution in [3.63, 3.8) is 0 Å². The fourth-order valence-electron chi connectivity index (χ4n) is 1.63. The van der Waals surface area contributed by atoms with Crippen molar-refractivity contribution in [1.29, 1.82) is 0 Å². The van der Waals surface area contributed by atoms with Crippen molar-refractivity contribution < 1.29 is 9.18 Å². The maximum Gasteiger partial charge on any atom is 0.185 e. The second-order valence-corrected chi connectivity index (χ2v) is 3.46. The Morgan fingerprint density at radius 1 is 1.27 bits per heavy atom. The molecule has 1 heterocycles. The Morgan fingerprint density at radius 3 is 2.53 bits per heavy atom. The molecule has 0 aliphatic carbocycles. The molecule has 0 bridgehead atoms. The first-order chi connectivity index (χ1) is 7.18. The zero-order valence-corrected chi connectivity index (χ0v) is 8.33. The van der Waals surface area contributed by atoms with Gasteiger partial charge in [0.05, 0.1) is 0 Å². The topological polar surface area (TPSA) is 29.4 Å². The lowest BCUT2D eigenvalue weighted by atomic mass is 9.95. The Balaban J connectivity index is 2.49. The maximum atomic E-state index is 12.7. The first-order valence-corrected chi connectivity index (χ1v) is 4.68. The summed E-state index contributed by atoms with van der Waals surface area (Å²) in [6, 6.07) is 5.94. The van der Waals surface area contributed by atoms with E-state index in [-0.39, 0.29) is 18.1 Å². The van der Waals surface area contributed by atoms with Crippen LogP contribution in [-0.2, 0) is 4.79 Å². The highest BCUT2D eigenvalue weighted by atomic mass is 19.1. The van der Waals surface area contributed by atoms with Crippen molar-refractivity contribution in [1.82, 2.24) is 0 Å². The second kappa shape index (κ2) is 3.77. The number of carbonyl (C=O) groups is 1. The van der Waals surface area contributed by atoms with Crippen LogP contribution in [0.15, 0.2) is 34.8 Å². The molecule has 0 radical (unpaired) electrons. The van der Waals surface area contributed by atoms with Gasteiger partial charge in [0, 0.05) is 11.8 Å². The molecular weight excluding hydrogens is 193 g/mol. The van der Waals surface area contributed by atoms with E-state index in [0.29, 0.717) is 5.57 Å². The lowest BCUT2D eigenvalue weighted by molar-refractivity contribution is -0.112. The number of allylic oxidation sites excluding steroid dienone is 1. The molecule has 3 heteroatoms. The Kier molecular flexibility index (Phi) is 2.46. The second-order valence-electron chi connectivity index (χ2n) is 3.46. The predicted molar refractivity (Wildman–Crippen MR) is 57.4 cm³/mol. The fraction of sp³-hybridized carbons (Fsp3) is 0.167. The number of carbonyl (C=O) groups excluding carboxylic acids is 1. The molecule has 1 aromatic rings. The third-order valence-electron chi connectivity index (χ3n) is 2.33. The van der Waals surface area contributed by atoms with Gasteiger partial charge in [-0.15, -0.1) is 0 Å². The third kappa shape index (κ3) is 1.86. The molecule has 0 N–H and O–H groups in total. The number of hydrogen-bond donors (Lipinski definition) is 0. The zero-order chi connectivity index (χ0) is 10.8. The highest BCUT2D eigenvalue weighted by Crippen LogP contribution is 2.21. The summed E-state index contributed by atoms with van der Waals surface area (Å²) in [6.07, 6.45) is 1.68. The van der Waals surface area contributed by atoms with Gasteiger partial charge in [0.15, 0.2) is 5.78 Å². The van der Waals surface area contributed by atoms with Crippen LogP contribution in [-0.4, -0.2) is 18.5 Å². The summed E-state index contributed by atoms with van der Waals surface area (Å²) in [7, 11) is 0. The molecule has 0 unspecified atom stereocenters. The van der Waals surface area contributed by atoms with E-state index in [1.807, 2.05) is 6.92 Å². The van der Waals surface area contributed by atoms with Gasteiger partial charge in [-0.3, -0.25) is 9.79 Å². The van der Waals surface area contributed by atoms with Crippen LogP contribution in [0.2, 0.25) is 0 Å². The molecule has 2 nitrogen and oxygen atoms in total. The number of ketones is 1. The van der Waals surface area contributed by atoms with Crippen LogP contribution in [0.25, 0.3) is 5.57 Å². The zero-order valence-electron chi connectivity index (χ0n) is 8.33. The number of benzene rings is 1. The van der Waals surface area contributed by atoms with Gasteiger partial charge in [-0.2, -0.15) is 0 Å². The van der Waals surface area contributed by atoms with E-state index in [2.05, 4.69) is 4.99 Å². The van der Waals surface area contributed by atoms with Crippen LogP contribution in [0.1, 0.15) is 12.5 Å². The molecule has 0 aromatic heterocycles. The number of halogens is 1. The number of nitrogens with zero attached hydrogens (tertiary/aromatic N) is 1. The standard InChI is InChI=1S/C12H10FNO/c1-8-6-14-7-11(15)12(8)9-2-4-10(13)5-3-9/h2-6H,7H2,1H3. The molecule has 2 rings (SSSR count). The monoisotopic (exact) mass is 203 g/mol. The molecule has 0 amide bonds. The minimum atomic E-state index is -0.297. The Hall–Kier alpha value is -1.77. The van der Waals surface area contributed by atoms with Crippen LogP contribution < -0.4 is 0 Å². The van der Waals surface area contributed by atoms with Gasteiger partial charge >= 0.3 is 0 Å². The molecule has 0 spiro atoms. The lowest BCUT2D eigenvalue weighted by Gasteiger charge is -2.11. The molecule has 1 aliphatic rings. The maximum absolute atomic E-state index is 12.7. The van der Waals surface area contributed by atoms with E-state index in [0.717, 1.165) is 11.1 Å². The van der Waals surface area contributed by atoms with Gasteiger partial charge in [0.1, 0.15) is 12.4 Å². The first-order valence-electron chi connectivity index (χ1n) is 4.68. The highest BCUT2D eigenvalue weighted by Gasteiger charge is 2.16. The van der Waals surface area contributed by atoms with E-state index < -0.39 is 0 Å². The SMILES string of the molecule is CC1=C(c2ccc(F)cc2)C(=O)CN=C1. The average molecular weight is 203 g/mol. The molecule has 0 fully saturated rings. The number of dihydropyridines is 1. The van der Waals surface area contributed by atoms with Crippen molar-refractivity contribution in [3.05, 3.63) is 41.2 Å².